The van der Waals surface area contributed by atoms with Crippen molar-refractivity contribution < 1.29 is 4.42 Å². The molecule has 0 aliphatic rings. The monoisotopic (exact) mass is 228 g/mol. The van der Waals surface area contributed by atoms with Gasteiger partial charge in [-0.2, -0.15) is 0 Å². The zero-order valence-electron chi connectivity index (χ0n) is 8.34. The Labute approximate surface area is 95.8 Å². The minimum absolute atomic E-state index is 0.00486. The second-order valence-electron chi connectivity index (χ2n) is 3.45. The summed E-state index contributed by atoms with van der Waals surface area (Å²) < 4.78 is 5.70. The summed E-state index contributed by atoms with van der Waals surface area (Å²) >= 11 is 1.56. The minimum Gasteiger partial charge on any atom is -0.455 e. The van der Waals surface area contributed by atoms with E-state index in [1.807, 2.05) is 35.7 Å². The highest BCUT2D eigenvalue weighted by Crippen LogP contribution is 2.25. The van der Waals surface area contributed by atoms with Gasteiger partial charge in [-0.3, -0.25) is 4.79 Å². The van der Waals surface area contributed by atoms with Crippen LogP contribution in [0.25, 0.3) is 21.6 Å². The Morgan fingerprint density at radius 2 is 1.94 bits per heavy atom. The topological polar surface area (TPSA) is 30.2 Å². The van der Waals surface area contributed by atoms with Crippen LogP contribution >= 0.6 is 11.3 Å². The number of thiophene rings is 1. The van der Waals surface area contributed by atoms with E-state index >= 15 is 0 Å². The molecule has 78 valence electrons. The highest BCUT2D eigenvalue weighted by molar-refractivity contribution is 7.13. The van der Waals surface area contributed by atoms with Gasteiger partial charge in [-0.25, -0.2) is 0 Å². The number of benzene rings is 1. The van der Waals surface area contributed by atoms with E-state index in [-0.39, 0.29) is 5.43 Å². The van der Waals surface area contributed by atoms with Crippen LogP contribution < -0.4 is 5.43 Å². The van der Waals surface area contributed by atoms with Crippen molar-refractivity contribution in [2.24, 2.45) is 0 Å². The summed E-state index contributed by atoms with van der Waals surface area (Å²) in [6.07, 6.45) is 0. The van der Waals surface area contributed by atoms with Crippen molar-refractivity contribution in [3.63, 3.8) is 0 Å². The van der Waals surface area contributed by atoms with Crippen molar-refractivity contribution in [2.45, 2.75) is 0 Å². The molecule has 0 N–H and O–H groups in total. The summed E-state index contributed by atoms with van der Waals surface area (Å²) in [5, 5.41) is 2.59. The Morgan fingerprint density at radius 1 is 1.06 bits per heavy atom. The minimum atomic E-state index is 0.00486. The van der Waals surface area contributed by atoms with Gasteiger partial charge in [0.1, 0.15) is 11.3 Å². The second-order valence-corrected chi connectivity index (χ2v) is 4.40. The van der Waals surface area contributed by atoms with Crippen LogP contribution in [-0.2, 0) is 0 Å². The van der Waals surface area contributed by atoms with E-state index in [2.05, 4.69) is 0 Å². The highest BCUT2D eigenvalue weighted by atomic mass is 32.1. The fourth-order valence-electron chi connectivity index (χ4n) is 1.64. The molecule has 0 fully saturated rings. The first-order chi connectivity index (χ1) is 7.84. The lowest BCUT2D eigenvalue weighted by atomic mass is 10.2. The van der Waals surface area contributed by atoms with Gasteiger partial charge in [0.2, 0.25) is 0 Å². The third-order valence-electron chi connectivity index (χ3n) is 2.40. The Morgan fingerprint density at radius 3 is 2.75 bits per heavy atom. The smallest absolute Gasteiger partial charge is 0.193 e. The van der Waals surface area contributed by atoms with Gasteiger partial charge in [0.15, 0.2) is 5.43 Å². The average molecular weight is 228 g/mol. The number of para-hydroxylation sites is 1. The third kappa shape index (κ3) is 1.46. The maximum Gasteiger partial charge on any atom is 0.193 e. The first-order valence-electron chi connectivity index (χ1n) is 4.91. The molecule has 3 aromatic rings. The van der Waals surface area contributed by atoms with Crippen molar-refractivity contribution in [1.29, 1.82) is 0 Å². The predicted molar refractivity (Wildman–Crippen MR) is 65.8 cm³/mol. The summed E-state index contributed by atoms with van der Waals surface area (Å²) in [5.74, 6) is 0.638. The second kappa shape index (κ2) is 3.61. The largest absolute Gasteiger partial charge is 0.455 e. The zero-order valence-corrected chi connectivity index (χ0v) is 9.16. The molecule has 0 spiro atoms. The Balaban J connectivity index is 2.34. The highest BCUT2D eigenvalue weighted by Gasteiger charge is 2.06. The van der Waals surface area contributed by atoms with Gasteiger partial charge in [-0.15, -0.1) is 11.3 Å². The van der Waals surface area contributed by atoms with E-state index in [9.17, 15) is 4.79 Å². The molecule has 0 aliphatic carbocycles. The molecule has 2 nitrogen and oxygen atoms in total. The van der Waals surface area contributed by atoms with Crippen molar-refractivity contribution in [2.75, 3.05) is 0 Å². The van der Waals surface area contributed by atoms with Crippen LogP contribution in [0.15, 0.2) is 57.1 Å². The third-order valence-corrected chi connectivity index (χ3v) is 3.28. The Kier molecular flexibility index (Phi) is 2.11. The maximum absolute atomic E-state index is 11.8. The summed E-state index contributed by atoms with van der Waals surface area (Å²) in [4.78, 5) is 12.8. The van der Waals surface area contributed by atoms with Crippen LogP contribution in [0.4, 0.5) is 0 Å². The van der Waals surface area contributed by atoms with Gasteiger partial charge >= 0.3 is 0 Å². The molecule has 0 amide bonds. The Hall–Kier alpha value is -1.87. The van der Waals surface area contributed by atoms with Crippen molar-refractivity contribution >= 4 is 22.3 Å². The normalized spacial score (nSPS) is 10.8. The fraction of sp³-hybridized carbons (Fsp3) is 0. The standard InChI is InChI=1S/C13H8O2S/c14-10-8-12(13-6-3-7-16-13)15-11-5-2-1-4-9(10)11/h1-8H. The molecule has 0 saturated heterocycles. The molecule has 0 bridgehead atoms. The summed E-state index contributed by atoms with van der Waals surface area (Å²) in [6, 6.07) is 12.7. The molecule has 3 rings (SSSR count). The molecule has 0 unspecified atom stereocenters. The van der Waals surface area contributed by atoms with Gasteiger partial charge in [0.25, 0.3) is 0 Å². The van der Waals surface area contributed by atoms with Crippen LogP contribution in [0.5, 0.6) is 0 Å². The zero-order chi connectivity index (χ0) is 11.0. The average Bonchev–Trinajstić information content (AvgIpc) is 2.82. The van der Waals surface area contributed by atoms with Crippen molar-refractivity contribution in [1.82, 2.24) is 0 Å². The number of rotatable bonds is 1. The molecule has 0 saturated carbocycles. The molecule has 0 atom stereocenters. The molecule has 0 radical (unpaired) electrons. The van der Waals surface area contributed by atoms with Crippen LogP contribution in [0.1, 0.15) is 0 Å². The maximum atomic E-state index is 11.8. The van der Waals surface area contributed by atoms with Gasteiger partial charge in [-0.1, -0.05) is 18.2 Å². The lowest BCUT2D eigenvalue weighted by Gasteiger charge is -1.99. The van der Waals surface area contributed by atoms with Crippen LogP contribution in [0.2, 0.25) is 0 Å². The Bertz CT molecular complexity index is 680. The van der Waals surface area contributed by atoms with E-state index in [4.69, 9.17) is 4.42 Å². The van der Waals surface area contributed by atoms with Crippen LogP contribution in [0, 0.1) is 0 Å². The molecule has 0 aliphatic heterocycles. The SMILES string of the molecule is O=c1cc(-c2cccs2)oc2ccccc12. The summed E-state index contributed by atoms with van der Waals surface area (Å²) in [5.41, 5.74) is 0.642. The van der Waals surface area contributed by atoms with E-state index in [0.717, 1.165) is 4.88 Å². The van der Waals surface area contributed by atoms with Crippen molar-refractivity contribution in [3.8, 4) is 10.6 Å². The molecular weight excluding hydrogens is 220 g/mol. The quantitative estimate of drug-likeness (QED) is 0.638. The first kappa shape index (κ1) is 9.36. The van der Waals surface area contributed by atoms with Crippen LogP contribution in [-0.4, -0.2) is 0 Å². The predicted octanol–water partition coefficient (Wildman–Crippen LogP) is 3.52. The first-order valence-corrected chi connectivity index (χ1v) is 5.79. The van der Waals surface area contributed by atoms with E-state index in [1.54, 1.807) is 23.5 Å². The molecule has 1 aromatic carbocycles. The lowest BCUT2D eigenvalue weighted by Crippen LogP contribution is -1.99. The van der Waals surface area contributed by atoms with Gasteiger partial charge in [0, 0.05) is 6.07 Å². The summed E-state index contributed by atoms with van der Waals surface area (Å²) in [6.45, 7) is 0. The molecule has 16 heavy (non-hydrogen) atoms. The molecular formula is C13H8O2S. The van der Waals surface area contributed by atoms with E-state index in [1.165, 1.54) is 0 Å². The number of hydrogen-bond acceptors (Lipinski definition) is 3. The van der Waals surface area contributed by atoms with Gasteiger partial charge in [-0.05, 0) is 23.6 Å². The number of fused-ring (bicyclic) bond motifs is 1. The summed E-state index contributed by atoms with van der Waals surface area (Å²) in [7, 11) is 0. The lowest BCUT2D eigenvalue weighted by molar-refractivity contribution is 0.620. The van der Waals surface area contributed by atoms with Gasteiger partial charge < -0.3 is 4.42 Å². The molecule has 2 aromatic heterocycles. The molecule has 3 heteroatoms. The van der Waals surface area contributed by atoms with E-state index < -0.39 is 0 Å². The molecule has 2 heterocycles. The fourth-order valence-corrected chi connectivity index (χ4v) is 2.32. The van der Waals surface area contributed by atoms with Gasteiger partial charge in [0.05, 0.1) is 10.3 Å². The van der Waals surface area contributed by atoms with Crippen LogP contribution in [0.3, 0.4) is 0 Å². The van der Waals surface area contributed by atoms with Crippen molar-refractivity contribution in [3.05, 3.63) is 58.1 Å². The number of hydrogen-bond donors (Lipinski definition) is 0. The van der Waals surface area contributed by atoms with E-state index in [0.29, 0.717) is 16.7 Å².